The molecule has 552 valence electrons. The lowest BCUT2D eigenvalue weighted by Gasteiger charge is -2.16. The van der Waals surface area contributed by atoms with Gasteiger partial charge in [-0.15, -0.1) is 68.0 Å². The quantitative estimate of drug-likeness (QED) is 0.0206. The van der Waals surface area contributed by atoms with Gasteiger partial charge in [-0.25, -0.2) is 24.7 Å². The van der Waals surface area contributed by atoms with Gasteiger partial charge < -0.3 is 80.4 Å². The van der Waals surface area contributed by atoms with E-state index in [-0.39, 0.29) is 38.3 Å². The standard InChI is InChI=1S/C33H27N9O4S2.C19H15N3O2S2.C13H14N6O.C10H11NO2S2/c1-42(27-14-26-25(48-27)13-22(47-26)12-21(15-34)30-39-23-4-2-3-5-24(23)46-30)10-11-44-33(43)36-16-19-6-8-20(9-7-19)17-45-31-28-29(38-18-37-28)40-32(35)41-31;1-22(6-7-23)18-10-17-16(26-18)9-13(25-17)8-12(11-20)19-21-14-4-2-3-5-15(14)24-19;14-5-8-1-3-9(4-2-8)6-20-12-10-11(17-7-16-10)18-13(15)19-12;1-11(2-3-12)10-5-9-8(15-10)4-7(6-13)14-9/h2-9,12-14,18H,10-11,16-17H2,1H3,(H,36,43)(H3,35,37,38,40,41);2-5,8-10,23H,6-7H2,1H3;1-4,7H,5-6,14H2,(H3,15,16,17,18,19);4-6,12H,2-3H2,1H3/b21-12+;12-8+;;. The van der Waals surface area contributed by atoms with Gasteiger partial charge in [0.25, 0.3) is 0 Å². The number of oxazole rings is 2. The molecule has 0 saturated heterocycles. The third-order valence-electron chi connectivity index (χ3n) is 16.3. The van der Waals surface area contributed by atoms with E-state index in [0.29, 0.717) is 113 Å². The topological polar surface area (TPSA) is 411 Å². The number of anilines is 5. The minimum Gasteiger partial charge on any atom is -0.471 e. The number of aldehydes is 1. The average molecular weight is 1570 g/mol. The van der Waals surface area contributed by atoms with Crippen molar-refractivity contribution >= 4 is 203 Å². The summed E-state index contributed by atoms with van der Waals surface area (Å²) < 4.78 is 35.2. The number of alkyl carbamates (subject to hydrolysis) is 1. The van der Waals surface area contributed by atoms with Crippen molar-refractivity contribution in [2.75, 3.05) is 86.8 Å². The molecule has 109 heavy (non-hydrogen) atoms. The normalized spacial score (nSPS) is 11.4. The van der Waals surface area contributed by atoms with Crippen molar-refractivity contribution in [3.8, 4) is 23.9 Å². The average Bonchev–Trinajstić information content (AvgIpc) is 1.59. The molecule has 12 aromatic heterocycles. The molecule has 28 nitrogen and oxygen atoms in total. The lowest BCUT2D eigenvalue weighted by Crippen LogP contribution is -2.28. The summed E-state index contributed by atoms with van der Waals surface area (Å²) in [6.45, 7) is 3.79. The number of aliphatic hydroxyl groups excluding tert-OH is 2. The zero-order chi connectivity index (χ0) is 75.9. The van der Waals surface area contributed by atoms with Crippen LogP contribution in [0.25, 0.3) is 96.0 Å². The largest absolute Gasteiger partial charge is 0.471 e. The summed E-state index contributed by atoms with van der Waals surface area (Å²) in [5.74, 6) is 1.60. The number of nitrogens with zero attached hydrogens (tertiary/aromatic N) is 13. The lowest BCUT2D eigenvalue weighted by atomic mass is 10.1. The van der Waals surface area contributed by atoms with E-state index in [0.717, 1.165) is 91.9 Å². The number of hydrogen-bond donors (Lipinski definition) is 8. The van der Waals surface area contributed by atoms with Crippen molar-refractivity contribution < 1.29 is 42.8 Å². The van der Waals surface area contributed by atoms with Gasteiger partial charge in [0, 0.05) is 85.3 Å². The number of fused-ring (bicyclic) bond motifs is 7. The maximum absolute atomic E-state index is 12.3. The van der Waals surface area contributed by atoms with Crippen LogP contribution in [-0.4, -0.2) is 133 Å². The van der Waals surface area contributed by atoms with E-state index in [1.54, 1.807) is 62.8 Å². The number of carbonyl (C=O) groups is 2. The Balaban J connectivity index is 0.000000143. The first-order chi connectivity index (χ1) is 53.1. The summed E-state index contributed by atoms with van der Waals surface area (Å²) in [4.78, 5) is 70.8. The van der Waals surface area contributed by atoms with E-state index >= 15 is 0 Å². The van der Waals surface area contributed by atoms with Gasteiger partial charge in [0.15, 0.2) is 28.7 Å². The Labute approximate surface area is 644 Å². The van der Waals surface area contributed by atoms with Gasteiger partial charge in [-0.3, -0.25) is 4.79 Å². The predicted octanol–water partition coefficient (Wildman–Crippen LogP) is 14.1. The Morgan fingerprint density at radius 1 is 0.550 bits per heavy atom. The predicted molar refractivity (Wildman–Crippen MR) is 433 cm³/mol. The van der Waals surface area contributed by atoms with Gasteiger partial charge in [-0.05, 0) is 95.1 Å². The van der Waals surface area contributed by atoms with Crippen LogP contribution >= 0.6 is 68.0 Å². The molecular weight excluding hydrogens is 1500 g/mol. The van der Waals surface area contributed by atoms with E-state index in [1.807, 2.05) is 145 Å². The van der Waals surface area contributed by atoms with Crippen LogP contribution in [0.2, 0.25) is 0 Å². The zero-order valence-electron chi connectivity index (χ0n) is 58.4. The molecule has 16 rings (SSSR count). The molecule has 11 N–H and O–H groups in total. The van der Waals surface area contributed by atoms with Crippen LogP contribution in [0.3, 0.4) is 0 Å². The highest BCUT2D eigenvalue weighted by molar-refractivity contribution is 7.31. The van der Waals surface area contributed by atoms with Crippen molar-refractivity contribution in [2.24, 2.45) is 5.73 Å². The fraction of sp³-hybridized carbons (Fsp3) is 0.173. The van der Waals surface area contributed by atoms with Crippen molar-refractivity contribution in [1.82, 2.24) is 55.2 Å². The monoisotopic (exact) mass is 1570 g/mol. The Bertz CT molecular complexity index is 5830. The molecule has 1 amide bonds. The van der Waals surface area contributed by atoms with Crippen molar-refractivity contribution in [3.05, 3.63) is 195 Å². The second kappa shape index (κ2) is 35.0. The smallest absolute Gasteiger partial charge is 0.407 e. The minimum atomic E-state index is -0.489. The van der Waals surface area contributed by atoms with E-state index in [1.165, 1.54) is 24.0 Å². The van der Waals surface area contributed by atoms with Crippen LogP contribution in [0.4, 0.5) is 31.7 Å². The number of carbonyl (C=O) groups excluding carboxylic acids is 2. The number of aliphatic hydroxyl groups is 2. The molecule has 0 aliphatic rings. The minimum absolute atomic E-state index is 0.0875. The van der Waals surface area contributed by atoms with Crippen LogP contribution in [-0.2, 0) is 31.0 Å². The number of nitrogens with one attached hydrogen (secondary N) is 3. The highest BCUT2D eigenvalue weighted by atomic mass is 32.1. The first-order valence-electron chi connectivity index (χ1n) is 33.4. The molecule has 0 atom stereocenters. The van der Waals surface area contributed by atoms with Gasteiger partial charge in [0.05, 0.1) is 52.3 Å². The summed E-state index contributed by atoms with van der Waals surface area (Å²) in [5, 5.41) is 43.2. The van der Waals surface area contributed by atoms with Gasteiger partial charge in [-0.2, -0.15) is 30.5 Å². The Morgan fingerprint density at radius 2 is 0.963 bits per heavy atom. The number of nitrogens with two attached hydrogens (primary N) is 3. The van der Waals surface area contributed by atoms with E-state index in [4.69, 9.17) is 50.5 Å². The van der Waals surface area contributed by atoms with E-state index < -0.39 is 6.09 Å². The number of thiophene rings is 6. The van der Waals surface area contributed by atoms with Crippen LogP contribution in [0, 0.1) is 22.7 Å². The lowest BCUT2D eigenvalue weighted by molar-refractivity contribution is 0.112. The third kappa shape index (κ3) is 18.6. The molecule has 0 radical (unpaired) electrons. The Kier molecular flexibility index (Phi) is 24.1. The maximum Gasteiger partial charge on any atom is 0.407 e. The van der Waals surface area contributed by atoms with Crippen molar-refractivity contribution in [1.29, 1.82) is 10.5 Å². The number of hydrogen-bond acceptors (Lipinski definition) is 31. The zero-order valence-corrected chi connectivity index (χ0v) is 63.3. The molecule has 16 aromatic rings. The summed E-state index contributed by atoms with van der Waals surface area (Å²) in [6.07, 6.45) is 7.05. The van der Waals surface area contributed by atoms with Gasteiger partial charge >= 0.3 is 6.09 Å². The van der Waals surface area contributed by atoms with Crippen LogP contribution in [0.1, 0.15) is 53.5 Å². The molecule has 12 heterocycles. The molecular formula is C75H67N19O9S6. The number of nitrogen functional groups attached to an aromatic ring is 2. The SMILES string of the molecule is CN(CCO)c1cc2sc(/C=C(\C#N)c3nc4ccccc4o3)cc2s1.CN(CCO)c1cc2sc(C=O)cc2s1.CN(CCOC(=O)NCc1ccc(COc2nc(N)nc3nc[nH]c23)cc1)c1cc2sc(/C=C(\C#N)c3nc4ccccc4o3)cc2s1.NCc1ccc(COc2nc(N)nc3nc[nH]c23)cc1. The number of rotatable bonds is 24. The number of aromatic nitrogens is 10. The number of amides is 1. The molecule has 0 aliphatic carbocycles. The first kappa shape index (κ1) is 75.0. The number of nitriles is 2. The van der Waals surface area contributed by atoms with Gasteiger partial charge in [0.2, 0.25) is 35.4 Å². The molecule has 0 saturated carbocycles. The number of allylic oxidation sites excluding steroid dienone is 2. The molecule has 0 bridgehead atoms. The third-order valence-corrected chi connectivity index (χ3v) is 23.3. The number of para-hydroxylation sites is 4. The van der Waals surface area contributed by atoms with Gasteiger partial charge in [-0.1, -0.05) is 72.8 Å². The second-order valence-corrected chi connectivity index (χ2v) is 30.4. The molecule has 4 aromatic carbocycles. The van der Waals surface area contributed by atoms with Crippen molar-refractivity contribution in [2.45, 2.75) is 26.3 Å². The van der Waals surface area contributed by atoms with Crippen LogP contribution in [0.5, 0.6) is 11.8 Å². The summed E-state index contributed by atoms with van der Waals surface area (Å²) in [7, 11) is 5.88. The number of ether oxygens (including phenoxy) is 3. The molecule has 0 aliphatic heterocycles. The first-order valence-corrected chi connectivity index (χ1v) is 38.3. The number of likely N-dealkylation sites (N-methyl/N-ethyl adjacent to an activating group) is 3. The number of imidazole rings is 2. The molecule has 0 unspecified atom stereocenters. The Morgan fingerprint density at radius 3 is 1.39 bits per heavy atom. The highest BCUT2D eigenvalue weighted by Gasteiger charge is 2.19. The van der Waals surface area contributed by atoms with Crippen LogP contribution in [0.15, 0.2) is 155 Å². The fourth-order valence-corrected chi connectivity index (χ4v) is 17.5. The van der Waals surface area contributed by atoms with Crippen molar-refractivity contribution in [3.63, 3.8) is 0 Å². The maximum atomic E-state index is 12.3. The number of H-pyrrole nitrogens is 2. The van der Waals surface area contributed by atoms with E-state index in [9.17, 15) is 20.1 Å². The molecule has 34 heteroatoms. The summed E-state index contributed by atoms with van der Waals surface area (Å²) in [6, 6.07) is 47.2. The number of aromatic amines is 2. The summed E-state index contributed by atoms with van der Waals surface area (Å²) in [5.41, 5.74) is 26.6. The molecule has 0 spiro atoms. The molecule has 0 fully saturated rings. The van der Waals surface area contributed by atoms with Gasteiger partial charge in [0.1, 0.15) is 65.2 Å². The second-order valence-electron chi connectivity index (χ2n) is 23.9. The fourth-order valence-electron chi connectivity index (χ4n) is 10.6. The summed E-state index contributed by atoms with van der Waals surface area (Å²) >= 11 is 9.68. The Hall–Kier alpha value is -12.2. The van der Waals surface area contributed by atoms with Crippen LogP contribution < -0.4 is 46.7 Å². The highest BCUT2D eigenvalue weighted by Crippen LogP contribution is 2.41. The van der Waals surface area contributed by atoms with E-state index in [2.05, 4.69) is 97.6 Å². The number of benzene rings is 4.